The molecule has 0 saturated carbocycles. The monoisotopic (exact) mass is 164 g/mol. The molecule has 0 saturated heterocycles. The first-order valence-electron chi connectivity index (χ1n) is 4.26. The Hall–Kier alpha value is -0.535. The smallest absolute Gasteiger partial charge is 0.141 e. The predicted octanol–water partition coefficient (Wildman–Crippen LogP) is 0.621. The maximum Gasteiger partial charge on any atom is 0.141 e. The van der Waals surface area contributed by atoms with Crippen molar-refractivity contribution in [3.63, 3.8) is 0 Å². The predicted molar refractivity (Wildman–Crippen MR) is 49.3 cm³/mol. The first kappa shape index (κ1) is 9.55. The second-order valence-electron chi connectivity index (χ2n) is 3.15. The normalized spacial score (nSPS) is 19.0. The fraction of sp³-hybridized carbons (Fsp3) is 0.556. The van der Waals surface area contributed by atoms with E-state index in [-0.39, 0.29) is 0 Å². The van der Waals surface area contributed by atoms with Gasteiger partial charge in [-0.2, -0.15) is 5.48 Å². The Labute approximate surface area is 75.0 Å². The summed E-state index contributed by atoms with van der Waals surface area (Å²) in [5.41, 5.74) is 5.31. The first-order chi connectivity index (χ1) is 5.74. The van der Waals surface area contributed by atoms with Crippen LogP contribution < -0.4 is 5.48 Å². The Morgan fingerprint density at radius 3 is 2.92 bits per heavy atom. The molecule has 0 amide bonds. The molecule has 2 nitrogen and oxygen atoms in total. The van der Waals surface area contributed by atoms with Gasteiger partial charge >= 0.3 is 0 Å². The standard InChI is InChI=1S/C9H14BNO/c1-7(10)6-8-4-3-5-9(8)11-12-2/h6,11H,3-5H2,1-2H3/p+1/b7-6+. The highest BCUT2D eigenvalue weighted by molar-refractivity contribution is 6.21. The van der Waals surface area contributed by atoms with E-state index in [9.17, 15) is 0 Å². The fourth-order valence-corrected chi connectivity index (χ4v) is 1.51. The molecule has 0 aliphatic heterocycles. The Morgan fingerprint density at radius 2 is 2.33 bits per heavy atom. The van der Waals surface area contributed by atoms with Crippen LogP contribution in [0.2, 0.25) is 0 Å². The van der Waals surface area contributed by atoms with E-state index in [0.717, 1.165) is 18.3 Å². The number of hydrogen-bond donors (Lipinski definition) is 1. The van der Waals surface area contributed by atoms with Crippen molar-refractivity contribution in [2.75, 3.05) is 7.11 Å². The largest absolute Gasteiger partial charge is 0.205 e. The zero-order chi connectivity index (χ0) is 8.97. The van der Waals surface area contributed by atoms with Gasteiger partial charge in [0.05, 0.1) is 7.11 Å². The SMILES string of the molecule is [B]/C(C)=C/C1=C([NH2+]OC)CCC1. The van der Waals surface area contributed by atoms with Crippen molar-refractivity contribution >= 4 is 7.85 Å². The second kappa shape index (κ2) is 4.48. The maximum absolute atomic E-state index is 5.60. The molecule has 0 spiro atoms. The summed E-state index contributed by atoms with van der Waals surface area (Å²) in [5, 5.41) is 0. The van der Waals surface area contributed by atoms with E-state index in [1.165, 1.54) is 17.7 Å². The molecule has 0 heterocycles. The van der Waals surface area contributed by atoms with E-state index in [1.54, 1.807) is 7.11 Å². The van der Waals surface area contributed by atoms with Crippen LogP contribution in [0, 0.1) is 0 Å². The van der Waals surface area contributed by atoms with Gasteiger partial charge in [-0.15, -0.1) is 5.47 Å². The van der Waals surface area contributed by atoms with E-state index < -0.39 is 0 Å². The molecule has 0 fully saturated rings. The van der Waals surface area contributed by atoms with Gasteiger partial charge in [0.25, 0.3) is 0 Å². The summed E-state index contributed by atoms with van der Waals surface area (Å²) in [7, 11) is 7.29. The third-order valence-electron chi connectivity index (χ3n) is 1.97. The maximum atomic E-state index is 5.60. The van der Waals surface area contributed by atoms with Crippen LogP contribution in [0.4, 0.5) is 0 Å². The third-order valence-corrected chi connectivity index (χ3v) is 1.97. The van der Waals surface area contributed by atoms with Gasteiger partial charge in [0.2, 0.25) is 0 Å². The topological polar surface area (TPSA) is 25.8 Å². The number of hydrogen-bond acceptors (Lipinski definition) is 1. The molecule has 0 aromatic heterocycles. The van der Waals surface area contributed by atoms with E-state index in [1.807, 2.05) is 18.5 Å². The van der Waals surface area contributed by atoms with Crippen molar-refractivity contribution in [1.29, 1.82) is 0 Å². The molecule has 1 aliphatic rings. The Kier molecular flexibility index (Phi) is 3.57. The molecule has 0 bridgehead atoms. The van der Waals surface area contributed by atoms with Gasteiger partial charge in [0, 0.05) is 12.0 Å². The van der Waals surface area contributed by atoms with Gasteiger partial charge < -0.3 is 0 Å². The average molecular weight is 164 g/mol. The lowest BCUT2D eigenvalue weighted by Crippen LogP contribution is -2.80. The molecule has 1 rings (SSSR count). The number of hydroxylamine groups is 1. The summed E-state index contributed by atoms with van der Waals surface area (Å²) >= 11 is 0. The highest BCUT2D eigenvalue weighted by Crippen LogP contribution is 2.22. The van der Waals surface area contributed by atoms with E-state index in [4.69, 9.17) is 12.7 Å². The minimum atomic E-state index is 0.869. The van der Waals surface area contributed by atoms with Gasteiger partial charge in [-0.05, 0) is 12.8 Å². The molecule has 12 heavy (non-hydrogen) atoms. The van der Waals surface area contributed by atoms with Crippen LogP contribution in [0.15, 0.2) is 22.8 Å². The van der Waals surface area contributed by atoms with Gasteiger partial charge in [0.15, 0.2) is 0 Å². The van der Waals surface area contributed by atoms with Gasteiger partial charge in [-0.25, -0.2) is 4.84 Å². The summed E-state index contributed by atoms with van der Waals surface area (Å²) < 4.78 is 0. The van der Waals surface area contributed by atoms with Crippen LogP contribution in [0.5, 0.6) is 0 Å². The molecule has 2 N–H and O–H groups in total. The van der Waals surface area contributed by atoms with Crippen LogP contribution in [0.1, 0.15) is 26.2 Å². The molecule has 0 aromatic carbocycles. The minimum Gasteiger partial charge on any atom is -0.205 e. The molecular formula is C9H15BNO+. The van der Waals surface area contributed by atoms with Gasteiger partial charge in [0.1, 0.15) is 13.5 Å². The summed E-state index contributed by atoms with van der Waals surface area (Å²) in [6.45, 7) is 1.91. The summed E-state index contributed by atoms with van der Waals surface area (Å²) in [5.74, 6) is 0. The summed E-state index contributed by atoms with van der Waals surface area (Å²) in [4.78, 5) is 4.98. The minimum absolute atomic E-state index is 0.869. The summed E-state index contributed by atoms with van der Waals surface area (Å²) in [6.07, 6.45) is 5.50. The third kappa shape index (κ3) is 2.50. The Morgan fingerprint density at radius 1 is 1.58 bits per heavy atom. The summed E-state index contributed by atoms with van der Waals surface area (Å²) in [6, 6.07) is 0. The highest BCUT2D eigenvalue weighted by Gasteiger charge is 2.16. The Bertz CT molecular complexity index is 217. The lowest BCUT2D eigenvalue weighted by atomic mass is 9.95. The van der Waals surface area contributed by atoms with Gasteiger partial charge in [-0.3, -0.25) is 0 Å². The molecule has 0 unspecified atom stereocenters. The average Bonchev–Trinajstić information content (AvgIpc) is 2.37. The zero-order valence-corrected chi connectivity index (χ0v) is 7.76. The van der Waals surface area contributed by atoms with Crippen molar-refractivity contribution in [2.24, 2.45) is 0 Å². The van der Waals surface area contributed by atoms with Crippen LogP contribution >= 0.6 is 0 Å². The molecule has 2 radical (unpaired) electrons. The number of quaternary nitrogens is 1. The molecular weight excluding hydrogens is 149 g/mol. The number of allylic oxidation sites excluding steroid dienone is 4. The van der Waals surface area contributed by atoms with Crippen LogP contribution in [0.25, 0.3) is 0 Å². The van der Waals surface area contributed by atoms with Crippen molar-refractivity contribution in [2.45, 2.75) is 26.2 Å². The van der Waals surface area contributed by atoms with E-state index in [0.29, 0.717) is 0 Å². The second-order valence-corrected chi connectivity index (χ2v) is 3.15. The molecule has 0 atom stereocenters. The molecule has 0 aromatic rings. The van der Waals surface area contributed by atoms with Crippen LogP contribution in [0.3, 0.4) is 0 Å². The quantitative estimate of drug-likeness (QED) is 0.480. The molecule has 64 valence electrons. The van der Waals surface area contributed by atoms with E-state index in [2.05, 4.69) is 0 Å². The van der Waals surface area contributed by atoms with Gasteiger partial charge in [-0.1, -0.05) is 13.0 Å². The lowest BCUT2D eigenvalue weighted by Gasteiger charge is -1.98. The fourth-order valence-electron chi connectivity index (χ4n) is 1.51. The van der Waals surface area contributed by atoms with Crippen molar-refractivity contribution in [3.8, 4) is 0 Å². The van der Waals surface area contributed by atoms with Crippen molar-refractivity contribution in [1.82, 2.24) is 0 Å². The highest BCUT2D eigenvalue weighted by atomic mass is 16.6. The van der Waals surface area contributed by atoms with Crippen molar-refractivity contribution in [3.05, 3.63) is 22.8 Å². The number of nitrogens with two attached hydrogens (primary N) is 1. The van der Waals surface area contributed by atoms with Crippen LogP contribution in [-0.2, 0) is 4.84 Å². The molecule has 3 heteroatoms. The van der Waals surface area contributed by atoms with Crippen LogP contribution in [-0.4, -0.2) is 15.0 Å². The lowest BCUT2D eigenvalue weighted by molar-refractivity contribution is -0.856. The Balaban J connectivity index is 2.69. The zero-order valence-electron chi connectivity index (χ0n) is 7.76. The van der Waals surface area contributed by atoms with E-state index >= 15 is 0 Å². The molecule has 1 aliphatic carbocycles. The van der Waals surface area contributed by atoms with Crippen molar-refractivity contribution < 1.29 is 10.3 Å². The first-order valence-corrected chi connectivity index (χ1v) is 4.26. The number of rotatable bonds is 3.